The zero-order valence-electron chi connectivity index (χ0n) is 8.18. The first kappa shape index (κ1) is 9.80. The van der Waals surface area contributed by atoms with Gasteiger partial charge < -0.3 is 9.97 Å². The van der Waals surface area contributed by atoms with Crippen LogP contribution in [0.25, 0.3) is 9.81 Å². The fourth-order valence-electron chi connectivity index (χ4n) is 1.34. The summed E-state index contributed by atoms with van der Waals surface area (Å²) < 4.78 is 0. The van der Waals surface area contributed by atoms with Crippen LogP contribution in [0.2, 0.25) is 0 Å². The third-order valence-electron chi connectivity index (χ3n) is 2.10. The van der Waals surface area contributed by atoms with Gasteiger partial charge in [0.15, 0.2) is 0 Å². The summed E-state index contributed by atoms with van der Waals surface area (Å²) in [5.41, 5.74) is 2.09. The lowest BCUT2D eigenvalue weighted by atomic mass is 10.4. The van der Waals surface area contributed by atoms with Crippen LogP contribution < -0.4 is 0 Å². The maximum Gasteiger partial charge on any atom is 0.0924 e. The molecule has 1 aliphatic rings. The standard InChI is InChI=1S/C10H8N4S2/c1-7(13-5-11-1)9-3-15-4-10(16-9)8-2-12-6-14-8/h1-6H,(H,11,13)(H,12,14). The fourth-order valence-corrected chi connectivity index (χ4v) is 3.31. The van der Waals surface area contributed by atoms with Gasteiger partial charge in [-0.05, 0) is 10.8 Å². The highest BCUT2D eigenvalue weighted by Crippen LogP contribution is 2.44. The predicted octanol–water partition coefficient (Wildman–Crippen LogP) is 2.91. The number of rotatable bonds is 2. The molecule has 4 nitrogen and oxygen atoms in total. The van der Waals surface area contributed by atoms with Crippen molar-refractivity contribution in [2.24, 2.45) is 0 Å². The normalized spacial score (nSPS) is 15.8. The molecule has 0 amide bonds. The molecule has 2 aromatic heterocycles. The first-order valence-electron chi connectivity index (χ1n) is 4.64. The second kappa shape index (κ2) is 4.23. The van der Waals surface area contributed by atoms with Gasteiger partial charge in [0, 0.05) is 9.81 Å². The Kier molecular flexibility index (Phi) is 2.59. The molecule has 0 saturated carbocycles. The zero-order chi connectivity index (χ0) is 10.8. The first-order chi connectivity index (χ1) is 7.93. The Labute approximate surface area is 101 Å². The van der Waals surface area contributed by atoms with Crippen LogP contribution in [-0.4, -0.2) is 19.9 Å². The Bertz CT molecular complexity index is 477. The van der Waals surface area contributed by atoms with E-state index in [1.807, 2.05) is 12.4 Å². The average molecular weight is 248 g/mol. The average Bonchev–Trinajstić information content (AvgIpc) is 3.03. The Morgan fingerprint density at radius 1 is 0.875 bits per heavy atom. The molecule has 0 spiro atoms. The highest BCUT2D eigenvalue weighted by molar-refractivity contribution is 8.20. The molecule has 0 aliphatic carbocycles. The number of nitrogens with zero attached hydrogens (tertiary/aromatic N) is 2. The van der Waals surface area contributed by atoms with Gasteiger partial charge in [-0.1, -0.05) is 11.8 Å². The maximum atomic E-state index is 4.03. The number of aromatic nitrogens is 4. The summed E-state index contributed by atoms with van der Waals surface area (Å²) in [6.07, 6.45) is 7.04. The highest BCUT2D eigenvalue weighted by Gasteiger charge is 2.13. The molecular weight excluding hydrogens is 240 g/mol. The van der Waals surface area contributed by atoms with Gasteiger partial charge in [-0.25, -0.2) is 9.97 Å². The van der Waals surface area contributed by atoms with Crippen molar-refractivity contribution in [2.45, 2.75) is 0 Å². The highest BCUT2D eigenvalue weighted by atomic mass is 32.2. The van der Waals surface area contributed by atoms with Gasteiger partial charge in [0.25, 0.3) is 0 Å². The number of thioether (sulfide) groups is 2. The quantitative estimate of drug-likeness (QED) is 0.858. The van der Waals surface area contributed by atoms with Crippen molar-refractivity contribution in [1.82, 2.24) is 19.9 Å². The van der Waals surface area contributed by atoms with Gasteiger partial charge in [0.2, 0.25) is 0 Å². The van der Waals surface area contributed by atoms with Crippen molar-refractivity contribution in [3.63, 3.8) is 0 Å². The first-order valence-corrected chi connectivity index (χ1v) is 6.40. The van der Waals surface area contributed by atoms with Crippen molar-refractivity contribution in [2.75, 3.05) is 0 Å². The van der Waals surface area contributed by atoms with E-state index in [-0.39, 0.29) is 0 Å². The molecule has 0 radical (unpaired) electrons. The molecule has 1 aliphatic heterocycles. The monoisotopic (exact) mass is 248 g/mol. The topological polar surface area (TPSA) is 57.4 Å². The van der Waals surface area contributed by atoms with Crippen LogP contribution >= 0.6 is 23.5 Å². The summed E-state index contributed by atoms with van der Waals surface area (Å²) in [7, 11) is 0. The van der Waals surface area contributed by atoms with Crippen LogP contribution in [0.5, 0.6) is 0 Å². The molecule has 3 heterocycles. The van der Waals surface area contributed by atoms with Gasteiger partial charge in [-0.2, -0.15) is 0 Å². The number of imidazole rings is 2. The molecule has 0 fully saturated rings. The maximum absolute atomic E-state index is 4.03. The van der Waals surface area contributed by atoms with Crippen molar-refractivity contribution in [1.29, 1.82) is 0 Å². The van der Waals surface area contributed by atoms with E-state index >= 15 is 0 Å². The minimum Gasteiger partial charge on any atom is -0.344 e. The number of nitrogens with one attached hydrogen (secondary N) is 2. The van der Waals surface area contributed by atoms with Gasteiger partial charge >= 0.3 is 0 Å². The Balaban J connectivity index is 1.85. The van der Waals surface area contributed by atoms with Gasteiger partial charge in [-0.3, -0.25) is 0 Å². The zero-order valence-corrected chi connectivity index (χ0v) is 9.81. The van der Waals surface area contributed by atoms with E-state index in [1.165, 1.54) is 9.81 Å². The fraction of sp³-hybridized carbons (Fsp3) is 0. The molecule has 0 aromatic carbocycles. The second-order valence-corrected chi connectivity index (χ2v) is 4.96. The molecule has 2 N–H and O–H groups in total. The summed E-state index contributed by atoms with van der Waals surface area (Å²) in [6.45, 7) is 0. The molecule has 16 heavy (non-hydrogen) atoms. The van der Waals surface area contributed by atoms with Crippen LogP contribution in [0.1, 0.15) is 11.4 Å². The summed E-state index contributed by atoms with van der Waals surface area (Å²) in [4.78, 5) is 16.6. The third kappa shape index (κ3) is 1.81. The summed E-state index contributed by atoms with van der Waals surface area (Å²) in [5.74, 6) is 0. The minimum atomic E-state index is 1.04. The lowest BCUT2D eigenvalue weighted by Gasteiger charge is -2.11. The van der Waals surface area contributed by atoms with Crippen LogP contribution in [0.15, 0.2) is 35.9 Å². The Morgan fingerprint density at radius 2 is 1.44 bits per heavy atom. The van der Waals surface area contributed by atoms with Crippen molar-refractivity contribution >= 4 is 33.3 Å². The van der Waals surface area contributed by atoms with Crippen LogP contribution in [0, 0.1) is 0 Å². The number of H-pyrrole nitrogens is 2. The van der Waals surface area contributed by atoms with Crippen LogP contribution in [0.3, 0.4) is 0 Å². The summed E-state index contributed by atoms with van der Waals surface area (Å²) in [6, 6.07) is 0. The number of hydrogen-bond donors (Lipinski definition) is 2. The molecule has 0 bridgehead atoms. The van der Waals surface area contributed by atoms with E-state index in [2.05, 4.69) is 30.8 Å². The van der Waals surface area contributed by atoms with Gasteiger partial charge in [0.05, 0.1) is 36.4 Å². The SMILES string of the molecule is C1=C(c2cnc[nH]2)SC(c2cnc[nH]2)=CS1. The molecule has 3 rings (SSSR count). The smallest absolute Gasteiger partial charge is 0.0924 e. The Hall–Kier alpha value is -1.40. The third-order valence-corrected chi connectivity index (χ3v) is 4.25. The van der Waals surface area contributed by atoms with E-state index in [4.69, 9.17) is 0 Å². The van der Waals surface area contributed by atoms with E-state index in [9.17, 15) is 0 Å². The van der Waals surface area contributed by atoms with E-state index in [0.717, 1.165) is 11.4 Å². The number of hydrogen-bond acceptors (Lipinski definition) is 4. The van der Waals surface area contributed by atoms with E-state index < -0.39 is 0 Å². The van der Waals surface area contributed by atoms with Crippen molar-refractivity contribution in [3.05, 3.63) is 47.3 Å². The molecule has 0 unspecified atom stereocenters. The van der Waals surface area contributed by atoms with Crippen molar-refractivity contribution in [3.8, 4) is 0 Å². The minimum absolute atomic E-state index is 1.04. The molecule has 2 aromatic rings. The molecule has 0 atom stereocenters. The van der Waals surface area contributed by atoms with Crippen LogP contribution in [0.4, 0.5) is 0 Å². The van der Waals surface area contributed by atoms with E-state index in [0.29, 0.717) is 0 Å². The molecule has 6 heteroatoms. The second-order valence-electron chi connectivity index (χ2n) is 3.13. The predicted molar refractivity (Wildman–Crippen MR) is 68.3 cm³/mol. The number of aromatic amines is 2. The molecule has 0 saturated heterocycles. The molecule has 80 valence electrons. The Morgan fingerprint density at radius 3 is 1.88 bits per heavy atom. The van der Waals surface area contributed by atoms with Gasteiger partial charge in [-0.15, -0.1) is 11.8 Å². The largest absolute Gasteiger partial charge is 0.344 e. The van der Waals surface area contributed by atoms with Crippen LogP contribution in [-0.2, 0) is 0 Å². The summed E-state index contributed by atoms with van der Waals surface area (Å²) in [5, 5.41) is 4.22. The van der Waals surface area contributed by atoms with E-state index in [1.54, 1.807) is 36.2 Å². The summed E-state index contributed by atoms with van der Waals surface area (Å²) >= 11 is 3.37. The van der Waals surface area contributed by atoms with Gasteiger partial charge in [0.1, 0.15) is 0 Å². The molecular formula is C10H8N4S2. The van der Waals surface area contributed by atoms with Crippen molar-refractivity contribution < 1.29 is 0 Å². The lowest BCUT2D eigenvalue weighted by molar-refractivity contribution is 1.30. The lowest BCUT2D eigenvalue weighted by Crippen LogP contribution is -1.86.